The zero-order valence-electron chi connectivity index (χ0n) is 8.54. The maximum absolute atomic E-state index is 5.84. The van der Waals surface area contributed by atoms with Crippen LogP contribution in [-0.2, 0) is 0 Å². The van der Waals surface area contributed by atoms with Gasteiger partial charge in [0.1, 0.15) is 16.8 Å². The molecule has 0 amide bonds. The van der Waals surface area contributed by atoms with Crippen LogP contribution in [0.5, 0.6) is 0 Å². The van der Waals surface area contributed by atoms with Crippen molar-refractivity contribution >= 4 is 39.0 Å². The Morgan fingerprint density at radius 3 is 2.50 bits per heavy atom. The van der Waals surface area contributed by atoms with E-state index in [2.05, 4.69) is 31.2 Å². The van der Waals surface area contributed by atoms with E-state index < -0.39 is 0 Å². The molecule has 1 N–H and O–H groups in total. The average Bonchev–Trinajstić information content (AvgIpc) is 2.20. The Hall–Kier alpha value is -1.13. The van der Waals surface area contributed by atoms with Gasteiger partial charge in [-0.15, -0.1) is 0 Å². The SMILES string of the molecule is Cc1nc(Cl)cc(Nc2ccc(Br)cc2)n1. The van der Waals surface area contributed by atoms with Crippen LogP contribution in [0.2, 0.25) is 5.15 Å². The second-order valence-corrected chi connectivity index (χ2v) is 4.56. The standard InChI is InChI=1S/C11H9BrClN3/c1-7-14-10(13)6-11(15-7)16-9-4-2-8(12)3-5-9/h2-6H,1H3,(H,14,15,16). The largest absolute Gasteiger partial charge is 0.340 e. The van der Waals surface area contributed by atoms with Crippen molar-refractivity contribution in [3.63, 3.8) is 0 Å². The van der Waals surface area contributed by atoms with E-state index in [1.54, 1.807) is 13.0 Å². The number of hydrogen-bond acceptors (Lipinski definition) is 3. The van der Waals surface area contributed by atoms with Crippen molar-refractivity contribution in [2.75, 3.05) is 5.32 Å². The first-order chi connectivity index (χ1) is 7.63. The lowest BCUT2D eigenvalue weighted by Crippen LogP contribution is -1.96. The van der Waals surface area contributed by atoms with Gasteiger partial charge in [0.25, 0.3) is 0 Å². The molecule has 1 aromatic heterocycles. The smallest absolute Gasteiger partial charge is 0.135 e. The van der Waals surface area contributed by atoms with Gasteiger partial charge >= 0.3 is 0 Å². The number of aromatic nitrogens is 2. The Morgan fingerprint density at radius 2 is 1.88 bits per heavy atom. The van der Waals surface area contributed by atoms with Gasteiger partial charge in [-0.2, -0.15) is 0 Å². The first-order valence-corrected chi connectivity index (χ1v) is 5.84. The Balaban J connectivity index is 2.23. The minimum Gasteiger partial charge on any atom is -0.340 e. The van der Waals surface area contributed by atoms with E-state index >= 15 is 0 Å². The maximum atomic E-state index is 5.84. The highest BCUT2D eigenvalue weighted by atomic mass is 79.9. The summed E-state index contributed by atoms with van der Waals surface area (Å²) in [5.41, 5.74) is 0.956. The van der Waals surface area contributed by atoms with Crippen molar-refractivity contribution in [3.05, 3.63) is 45.8 Å². The van der Waals surface area contributed by atoms with Gasteiger partial charge in [0.15, 0.2) is 0 Å². The second kappa shape index (κ2) is 4.80. The van der Waals surface area contributed by atoms with Crippen LogP contribution in [0.1, 0.15) is 5.82 Å². The van der Waals surface area contributed by atoms with Gasteiger partial charge in [0.05, 0.1) is 0 Å². The van der Waals surface area contributed by atoms with Gasteiger partial charge in [-0.3, -0.25) is 0 Å². The molecule has 1 heterocycles. The Bertz CT molecular complexity index is 479. The lowest BCUT2D eigenvalue weighted by molar-refractivity contribution is 1.06. The predicted octanol–water partition coefficient (Wildman–Crippen LogP) is 3.94. The zero-order chi connectivity index (χ0) is 11.5. The minimum absolute atomic E-state index is 0.437. The van der Waals surface area contributed by atoms with Crippen LogP contribution in [-0.4, -0.2) is 9.97 Å². The third-order valence-electron chi connectivity index (χ3n) is 1.92. The predicted molar refractivity (Wildman–Crippen MR) is 69.2 cm³/mol. The second-order valence-electron chi connectivity index (χ2n) is 3.26. The highest BCUT2D eigenvalue weighted by molar-refractivity contribution is 9.10. The van der Waals surface area contributed by atoms with E-state index in [1.807, 2.05) is 24.3 Å². The lowest BCUT2D eigenvalue weighted by atomic mass is 10.3. The normalized spacial score (nSPS) is 10.2. The minimum atomic E-state index is 0.437. The molecule has 5 heteroatoms. The first kappa shape index (κ1) is 11.4. The average molecular weight is 299 g/mol. The Kier molecular flexibility index (Phi) is 3.41. The molecule has 0 aliphatic carbocycles. The van der Waals surface area contributed by atoms with Crippen molar-refractivity contribution in [1.82, 2.24) is 9.97 Å². The number of aryl methyl sites for hydroxylation is 1. The number of nitrogens with zero attached hydrogens (tertiary/aromatic N) is 2. The van der Waals surface area contributed by atoms with Crippen molar-refractivity contribution < 1.29 is 0 Å². The molecule has 3 nitrogen and oxygen atoms in total. The van der Waals surface area contributed by atoms with Crippen LogP contribution in [0.25, 0.3) is 0 Å². The highest BCUT2D eigenvalue weighted by Gasteiger charge is 2.00. The van der Waals surface area contributed by atoms with Gasteiger partial charge in [-0.05, 0) is 31.2 Å². The molecule has 0 saturated heterocycles. The molecule has 0 spiro atoms. The molecule has 2 rings (SSSR count). The van der Waals surface area contributed by atoms with E-state index in [9.17, 15) is 0 Å². The van der Waals surface area contributed by atoms with Crippen molar-refractivity contribution in [2.45, 2.75) is 6.92 Å². The molecule has 0 fully saturated rings. The summed E-state index contributed by atoms with van der Waals surface area (Å²) in [6.07, 6.45) is 0. The monoisotopic (exact) mass is 297 g/mol. The maximum Gasteiger partial charge on any atom is 0.135 e. The fraction of sp³-hybridized carbons (Fsp3) is 0.0909. The van der Waals surface area contributed by atoms with Crippen molar-refractivity contribution in [2.24, 2.45) is 0 Å². The van der Waals surface area contributed by atoms with Gasteiger partial charge in [0.2, 0.25) is 0 Å². The number of rotatable bonds is 2. The topological polar surface area (TPSA) is 37.8 Å². The molecule has 82 valence electrons. The van der Waals surface area contributed by atoms with Crippen LogP contribution < -0.4 is 5.32 Å². The quantitative estimate of drug-likeness (QED) is 0.853. The fourth-order valence-electron chi connectivity index (χ4n) is 1.28. The number of benzene rings is 1. The Morgan fingerprint density at radius 1 is 1.19 bits per heavy atom. The van der Waals surface area contributed by atoms with Crippen LogP contribution in [0.15, 0.2) is 34.8 Å². The summed E-state index contributed by atoms with van der Waals surface area (Å²) < 4.78 is 1.04. The summed E-state index contributed by atoms with van der Waals surface area (Å²) in [6.45, 7) is 1.80. The van der Waals surface area contributed by atoms with E-state index in [4.69, 9.17) is 11.6 Å². The van der Waals surface area contributed by atoms with Gasteiger partial charge in [0, 0.05) is 16.2 Å². The third kappa shape index (κ3) is 2.93. The van der Waals surface area contributed by atoms with E-state index in [0.29, 0.717) is 16.8 Å². The molecule has 0 saturated carbocycles. The van der Waals surface area contributed by atoms with Gasteiger partial charge < -0.3 is 5.32 Å². The van der Waals surface area contributed by atoms with Gasteiger partial charge in [-0.25, -0.2) is 9.97 Å². The van der Waals surface area contributed by atoms with Crippen LogP contribution in [0.3, 0.4) is 0 Å². The number of nitrogens with one attached hydrogen (secondary N) is 1. The molecule has 16 heavy (non-hydrogen) atoms. The van der Waals surface area contributed by atoms with E-state index in [-0.39, 0.29) is 0 Å². The Labute approximate surface area is 107 Å². The zero-order valence-corrected chi connectivity index (χ0v) is 10.9. The fourth-order valence-corrected chi connectivity index (χ4v) is 1.77. The van der Waals surface area contributed by atoms with Gasteiger partial charge in [-0.1, -0.05) is 27.5 Å². The first-order valence-electron chi connectivity index (χ1n) is 4.67. The lowest BCUT2D eigenvalue weighted by Gasteiger charge is -2.06. The summed E-state index contributed by atoms with van der Waals surface area (Å²) in [4.78, 5) is 8.23. The number of anilines is 2. The molecular formula is C11H9BrClN3. The summed E-state index contributed by atoms with van der Waals surface area (Å²) in [5, 5.41) is 3.59. The summed E-state index contributed by atoms with van der Waals surface area (Å²) in [5.74, 6) is 1.34. The summed E-state index contributed by atoms with van der Waals surface area (Å²) in [6, 6.07) is 9.51. The van der Waals surface area contributed by atoms with Crippen molar-refractivity contribution in [3.8, 4) is 0 Å². The summed E-state index contributed by atoms with van der Waals surface area (Å²) in [7, 11) is 0. The van der Waals surface area contributed by atoms with Crippen LogP contribution >= 0.6 is 27.5 Å². The molecule has 0 aliphatic heterocycles. The number of hydrogen-bond donors (Lipinski definition) is 1. The molecule has 0 atom stereocenters. The van der Waals surface area contributed by atoms with E-state index in [1.165, 1.54) is 0 Å². The molecule has 0 unspecified atom stereocenters. The highest BCUT2D eigenvalue weighted by Crippen LogP contribution is 2.19. The molecule has 2 aromatic rings. The molecule has 0 bridgehead atoms. The molecule has 0 aliphatic rings. The summed E-state index contributed by atoms with van der Waals surface area (Å²) >= 11 is 9.22. The number of halogens is 2. The van der Waals surface area contributed by atoms with Crippen LogP contribution in [0.4, 0.5) is 11.5 Å². The molecule has 1 aromatic carbocycles. The molecule has 0 radical (unpaired) electrons. The molecular weight excluding hydrogens is 289 g/mol. The third-order valence-corrected chi connectivity index (χ3v) is 2.65. The van der Waals surface area contributed by atoms with Crippen molar-refractivity contribution in [1.29, 1.82) is 0 Å². The van der Waals surface area contributed by atoms with E-state index in [0.717, 1.165) is 10.2 Å². The van der Waals surface area contributed by atoms with Crippen LogP contribution in [0, 0.1) is 6.92 Å².